The number of hydrogen-bond donors (Lipinski definition) is 1. The van der Waals surface area contributed by atoms with Crippen molar-refractivity contribution >= 4 is 0 Å². The highest BCUT2D eigenvalue weighted by molar-refractivity contribution is 5.13. The molecule has 4 nitrogen and oxygen atoms in total. The summed E-state index contributed by atoms with van der Waals surface area (Å²) in [7, 11) is 0. The van der Waals surface area contributed by atoms with Crippen LogP contribution in [0, 0.1) is 0 Å². The van der Waals surface area contributed by atoms with Gasteiger partial charge in [-0.05, 0) is 44.0 Å². The largest absolute Gasteiger partial charge is 0.463 e. The number of aromatic nitrogens is 2. The van der Waals surface area contributed by atoms with E-state index in [0.29, 0.717) is 0 Å². The van der Waals surface area contributed by atoms with Gasteiger partial charge in [0.25, 0.3) is 0 Å². The quantitative estimate of drug-likeness (QED) is 0.753. The molecule has 20 heavy (non-hydrogen) atoms. The average molecular weight is 275 g/mol. The summed E-state index contributed by atoms with van der Waals surface area (Å²) in [5.41, 5.74) is 2.42. The minimum Gasteiger partial charge on any atom is -0.463 e. The molecule has 0 aliphatic heterocycles. The molecule has 0 saturated carbocycles. The second-order valence-electron chi connectivity index (χ2n) is 5.04. The van der Waals surface area contributed by atoms with Gasteiger partial charge in [-0.1, -0.05) is 20.8 Å². The third-order valence-corrected chi connectivity index (χ3v) is 3.39. The number of furan rings is 1. The number of hydrogen-bond acceptors (Lipinski definition) is 3. The molecule has 0 fully saturated rings. The molecule has 2 heterocycles. The minimum absolute atomic E-state index is 0.719. The van der Waals surface area contributed by atoms with E-state index < -0.39 is 0 Å². The lowest BCUT2D eigenvalue weighted by atomic mass is 10.2. The molecule has 0 amide bonds. The van der Waals surface area contributed by atoms with E-state index in [1.807, 2.05) is 6.07 Å². The van der Waals surface area contributed by atoms with Gasteiger partial charge in [-0.25, -0.2) is 0 Å². The highest BCUT2D eigenvalue weighted by Gasteiger charge is 2.08. The number of aryl methyl sites for hydroxylation is 2. The van der Waals surface area contributed by atoms with E-state index in [1.54, 1.807) is 0 Å². The van der Waals surface area contributed by atoms with E-state index in [4.69, 9.17) is 4.42 Å². The summed E-state index contributed by atoms with van der Waals surface area (Å²) in [6.07, 6.45) is 3.11. The Bertz CT molecular complexity index is 528. The van der Waals surface area contributed by atoms with Crippen molar-refractivity contribution in [1.82, 2.24) is 15.1 Å². The standard InChI is InChI=1S/C16H25N3O/c1-4-9-17-11-15-7-8-16(20-15)12-19-14(6-3)10-13(5-2)18-19/h7-8,10,17H,4-6,9,11-12H2,1-3H3. The first kappa shape index (κ1) is 14.9. The molecule has 110 valence electrons. The van der Waals surface area contributed by atoms with Gasteiger partial charge < -0.3 is 9.73 Å². The number of rotatable bonds is 8. The zero-order valence-electron chi connectivity index (χ0n) is 12.8. The second kappa shape index (κ2) is 7.29. The summed E-state index contributed by atoms with van der Waals surface area (Å²) in [6.45, 7) is 9.00. The molecule has 1 N–H and O–H groups in total. The smallest absolute Gasteiger partial charge is 0.125 e. The molecule has 0 aliphatic carbocycles. The van der Waals surface area contributed by atoms with Crippen molar-refractivity contribution in [3.05, 3.63) is 41.1 Å². The Hall–Kier alpha value is -1.55. The molecule has 2 aromatic rings. The first-order valence-electron chi connectivity index (χ1n) is 7.60. The van der Waals surface area contributed by atoms with Crippen LogP contribution in [0.2, 0.25) is 0 Å². The van der Waals surface area contributed by atoms with Crippen molar-refractivity contribution in [2.75, 3.05) is 6.54 Å². The zero-order valence-corrected chi connectivity index (χ0v) is 12.8. The van der Waals surface area contributed by atoms with Crippen LogP contribution >= 0.6 is 0 Å². The van der Waals surface area contributed by atoms with Crippen LogP contribution in [0.5, 0.6) is 0 Å². The Balaban J connectivity index is 2.00. The molecule has 0 unspecified atom stereocenters. The average Bonchev–Trinajstić information content (AvgIpc) is 3.06. The third kappa shape index (κ3) is 3.73. The van der Waals surface area contributed by atoms with E-state index in [1.165, 1.54) is 5.69 Å². The Kier molecular flexibility index (Phi) is 5.41. The normalized spacial score (nSPS) is 11.2. The molecule has 0 aliphatic rings. The maximum Gasteiger partial charge on any atom is 0.125 e. The van der Waals surface area contributed by atoms with E-state index >= 15 is 0 Å². The highest BCUT2D eigenvalue weighted by atomic mass is 16.3. The van der Waals surface area contributed by atoms with Crippen LogP contribution in [0.1, 0.15) is 50.1 Å². The number of nitrogens with one attached hydrogen (secondary N) is 1. The second-order valence-corrected chi connectivity index (χ2v) is 5.04. The Morgan fingerprint density at radius 2 is 1.95 bits per heavy atom. The summed E-state index contributed by atoms with van der Waals surface area (Å²) >= 11 is 0. The molecule has 0 bridgehead atoms. The third-order valence-electron chi connectivity index (χ3n) is 3.39. The van der Waals surface area contributed by atoms with E-state index in [9.17, 15) is 0 Å². The van der Waals surface area contributed by atoms with Crippen LogP contribution in [0.4, 0.5) is 0 Å². The SMILES string of the molecule is CCCNCc1ccc(Cn2nc(CC)cc2CC)o1. The Labute approximate surface area is 121 Å². The molecule has 0 spiro atoms. The lowest BCUT2D eigenvalue weighted by Gasteiger charge is -2.03. The molecule has 0 aromatic carbocycles. The first-order chi connectivity index (χ1) is 9.76. The van der Waals surface area contributed by atoms with Crippen LogP contribution in [-0.4, -0.2) is 16.3 Å². The van der Waals surface area contributed by atoms with Gasteiger partial charge >= 0.3 is 0 Å². The molecule has 0 saturated heterocycles. The fourth-order valence-electron chi connectivity index (χ4n) is 2.25. The van der Waals surface area contributed by atoms with Gasteiger partial charge in [0.05, 0.1) is 18.8 Å². The molecule has 0 radical (unpaired) electrons. The maximum atomic E-state index is 5.85. The van der Waals surface area contributed by atoms with Gasteiger partial charge in [-0.15, -0.1) is 0 Å². The number of nitrogens with zero attached hydrogens (tertiary/aromatic N) is 2. The molecule has 4 heteroatoms. The van der Waals surface area contributed by atoms with E-state index in [2.05, 4.69) is 48.0 Å². The summed E-state index contributed by atoms with van der Waals surface area (Å²) in [5, 5.41) is 7.97. The Morgan fingerprint density at radius 1 is 1.15 bits per heavy atom. The predicted molar refractivity (Wildman–Crippen MR) is 80.8 cm³/mol. The summed E-state index contributed by atoms with van der Waals surface area (Å²) < 4.78 is 7.91. The van der Waals surface area contributed by atoms with Crippen LogP contribution in [0.25, 0.3) is 0 Å². The van der Waals surface area contributed by atoms with Gasteiger partial charge in [0.15, 0.2) is 0 Å². The lowest BCUT2D eigenvalue weighted by Crippen LogP contribution is -2.13. The van der Waals surface area contributed by atoms with Crippen molar-refractivity contribution in [2.24, 2.45) is 0 Å². The van der Waals surface area contributed by atoms with E-state index in [0.717, 1.165) is 56.1 Å². The van der Waals surface area contributed by atoms with Crippen molar-refractivity contribution in [1.29, 1.82) is 0 Å². The van der Waals surface area contributed by atoms with Crippen LogP contribution in [0.15, 0.2) is 22.6 Å². The van der Waals surface area contributed by atoms with Gasteiger partial charge in [-0.3, -0.25) is 4.68 Å². The molecular formula is C16H25N3O. The maximum absolute atomic E-state index is 5.85. The van der Waals surface area contributed by atoms with E-state index in [-0.39, 0.29) is 0 Å². The summed E-state index contributed by atoms with van der Waals surface area (Å²) in [4.78, 5) is 0. The molecular weight excluding hydrogens is 250 g/mol. The zero-order chi connectivity index (χ0) is 14.4. The molecule has 0 atom stereocenters. The van der Waals surface area contributed by atoms with Crippen LogP contribution in [0.3, 0.4) is 0 Å². The molecule has 2 rings (SSSR count). The van der Waals surface area contributed by atoms with Crippen LogP contribution < -0.4 is 5.32 Å². The Morgan fingerprint density at radius 3 is 2.65 bits per heavy atom. The molecule has 2 aromatic heterocycles. The van der Waals surface area contributed by atoms with Gasteiger partial charge in [0.2, 0.25) is 0 Å². The van der Waals surface area contributed by atoms with Crippen molar-refractivity contribution < 1.29 is 4.42 Å². The van der Waals surface area contributed by atoms with Crippen molar-refractivity contribution in [3.8, 4) is 0 Å². The van der Waals surface area contributed by atoms with Crippen molar-refractivity contribution in [2.45, 2.75) is 53.1 Å². The van der Waals surface area contributed by atoms with Gasteiger partial charge in [-0.2, -0.15) is 5.10 Å². The van der Waals surface area contributed by atoms with Gasteiger partial charge in [0, 0.05) is 5.69 Å². The fourth-order valence-corrected chi connectivity index (χ4v) is 2.25. The topological polar surface area (TPSA) is 43.0 Å². The fraction of sp³-hybridized carbons (Fsp3) is 0.562. The van der Waals surface area contributed by atoms with Gasteiger partial charge in [0.1, 0.15) is 11.5 Å². The summed E-state index contributed by atoms with van der Waals surface area (Å²) in [5.74, 6) is 1.97. The highest BCUT2D eigenvalue weighted by Crippen LogP contribution is 2.13. The van der Waals surface area contributed by atoms with Crippen molar-refractivity contribution in [3.63, 3.8) is 0 Å². The van der Waals surface area contributed by atoms with Crippen LogP contribution in [-0.2, 0) is 25.9 Å². The lowest BCUT2D eigenvalue weighted by molar-refractivity contribution is 0.427. The predicted octanol–water partition coefficient (Wildman–Crippen LogP) is 3.15. The summed E-state index contributed by atoms with van der Waals surface area (Å²) in [6, 6.07) is 6.29. The minimum atomic E-state index is 0.719. The monoisotopic (exact) mass is 275 g/mol. The first-order valence-corrected chi connectivity index (χ1v) is 7.60.